The summed E-state index contributed by atoms with van der Waals surface area (Å²) < 4.78 is 0. The van der Waals surface area contributed by atoms with E-state index < -0.39 is 0 Å². The van der Waals surface area contributed by atoms with E-state index in [1.54, 1.807) is 0 Å². The lowest BCUT2D eigenvalue weighted by atomic mass is 9.80. The second-order valence-electron chi connectivity index (χ2n) is 15.5. The lowest BCUT2D eigenvalue weighted by molar-refractivity contribution is 0.578. The first-order valence-electron chi connectivity index (χ1n) is 18.7. The summed E-state index contributed by atoms with van der Waals surface area (Å²) in [5.41, 5.74) is 16.4. The smallest absolute Gasteiger partial charge is 0.0372 e. The Morgan fingerprint density at radius 2 is 0.980 bits per heavy atom. The number of nitrogens with zero attached hydrogens (tertiary/aromatic N) is 2. The summed E-state index contributed by atoms with van der Waals surface area (Å²) >= 11 is 0. The first kappa shape index (κ1) is 30.5. The van der Waals surface area contributed by atoms with Crippen LogP contribution in [0.5, 0.6) is 0 Å². The highest BCUT2D eigenvalue weighted by Crippen LogP contribution is 2.52. The number of rotatable bonds is 4. The zero-order valence-corrected chi connectivity index (χ0v) is 29.7. The Morgan fingerprint density at radius 3 is 1.57 bits per heavy atom. The quantitative estimate of drug-likeness (QED) is 0.177. The number of piperidine rings is 2. The van der Waals surface area contributed by atoms with Crippen molar-refractivity contribution in [2.24, 2.45) is 0 Å². The summed E-state index contributed by atoms with van der Waals surface area (Å²) in [6.07, 6.45) is 7.77. The summed E-state index contributed by atoms with van der Waals surface area (Å²) in [6, 6.07) is 38.2. The van der Waals surface area contributed by atoms with Gasteiger partial charge in [0, 0.05) is 43.0 Å². The van der Waals surface area contributed by atoms with Crippen molar-refractivity contribution in [3.05, 3.63) is 119 Å². The van der Waals surface area contributed by atoms with E-state index in [0.717, 1.165) is 26.2 Å². The summed E-state index contributed by atoms with van der Waals surface area (Å²) in [5.74, 6) is 0. The second-order valence-corrected chi connectivity index (χ2v) is 15.5. The van der Waals surface area contributed by atoms with Crippen LogP contribution in [0.4, 0.5) is 11.4 Å². The fourth-order valence-electron chi connectivity index (χ4n) is 9.28. The van der Waals surface area contributed by atoms with Gasteiger partial charge in [-0.3, -0.25) is 0 Å². The van der Waals surface area contributed by atoms with Gasteiger partial charge in [0.25, 0.3) is 0 Å². The van der Waals surface area contributed by atoms with Gasteiger partial charge in [0.2, 0.25) is 0 Å². The van der Waals surface area contributed by atoms with E-state index in [1.807, 2.05) is 0 Å². The van der Waals surface area contributed by atoms with Crippen molar-refractivity contribution >= 4 is 32.9 Å². The molecule has 2 nitrogen and oxygen atoms in total. The van der Waals surface area contributed by atoms with E-state index >= 15 is 0 Å². The lowest BCUT2D eigenvalue weighted by Crippen LogP contribution is -2.29. The topological polar surface area (TPSA) is 6.48 Å². The fraction of sp³-hybridized carbons (Fsp3) is 0.319. The third-order valence-corrected chi connectivity index (χ3v) is 12.2. The molecule has 6 aromatic carbocycles. The van der Waals surface area contributed by atoms with Crippen LogP contribution in [-0.2, 0) is 5.41 Å². The van der Waals surface area contributed by atoms with Crippen molar-refractivity contribution < 1.29 is 0 Å². The SMILES string of the molecule is Cc1ccc(-c2c3ccc(N4CCCCC4)cc3c(-c3ccc4c(c3)C(C)(C)c3ccccc3-4)c3ccc(N4CCCCC4)cc23)cc1C. The van der Waals surface area contributed by atoms with Gasteiger partial charge in [-0.1, -0.05) is 80.6 Å². The molecule has 2 saturated heterocycles. The lowest BCUT2D eigenvalue weighted by Gasteiger charge is -2.30. The number of hydrogen-bond acceptors (Lipinski definition) is 2. The number of hydrogen-bond donors (Lipinski definition) is 0. The highest BCUT2D eigenvalue weighted by molar-refractivity contribution is 6.22. The molecule has 2 fully saturated rings. The minimum Gasteiger partial charge on any atom is -0.372 e. The Hall–Kier alpha value is -4.56. The molecule has 2 heterocycles. The predicted molar refractivity (Wildman–Crippen MR) is 211 cm³/mol. The Labute approximate surface area is 292 Å². The minimum atomic E-state index is -0.0483. The largest absolute Gasteiger partial charge is 0.372 e. The van der Waals surface area contributed by atoms with Crippen LogP contribution >= 0.6 is 0 Å². The molecule has 2 aliphatic heterocycles. The van der Waals surface area contributed by atoms with Crippen molar-refractivity contribution in [3.8, 4) is 33.4 Å². The van der Waals surface area contributed by atoms with Gasteiger partial charge in [0.15, 0.2) is 0 Å². The van der Waals surface area contributed by atoms with Crippen LogP contribution in [0.1, 0.15) is 74.6 Å². The van der Waals surface area contributed by atoms with Gasteiger partial charge >= 0.3 is 0 Å². The van der Waals surface area contributed by atoms with Gasteiger partial charge in [-0.2, -0.15) is 0 Å². The van der Waals surface area contributed by atoms with Crippen LogP contribution in [-0.4, -0.2) is 26.2 Å². The molecule has 0 amide bonds. The molecule has 6 aromatic rings. The predicted octanol–water partition coefficient (Wildman–Crippen LogP) is 12.2. The molecule has 0 unspecified atom stereocenters. The van der Waals surface area contributed by atoms with E-state index in [4.69, 9.17) is 0 Å². The van der Waals surface area contributed by atoms with Crippen molar-refractivity contribution in [2.45, 2.75) is 71.6 Å². The molecule has 1 aliphatic carbocycles. The first-order valence-corrected chi connectivity index (χ1v) is 18.7. The van der Waals surface area contributed by atoms with Gasteiger partial charge in [0.05, 0.1) is 0 Å². The highest BCUT2D eigenvalue weighted by atomic mass is 15.1. The van der Waals surface area contributed by atoms with Crippen molar-refractivity contribution in [1.82, 2.24) is 0 Å². The molecule has 0 spiro atoms. The molecule has 0 atom stereocenters. The minimum absolute atomic E-state index is 0.0483. The number of fused-ring (bicyclic) bond motifs is 5. The highest BCUT2D eigenvalue weighted by Gasteiger charge is 2.35. The third kappa shape index (κ3) is 4.98. The molecule has 0 saturated carbocycles. The maximum atomic E-state index is 2.62. The van der Waals surface area contributed by atoms with E-state index in [2.05, 4.69) is 135 Å². The Balaban J connectivity index is 1.36. The van der Waals surface area contributed by atoms with Gasteiger partial charge in [0.1, 0.15) is 0 Å². The van der Waals surface area contributed by atoms with Crippen molar-refractivity contribution in [3.63, 3.8) is 0 Å². The van der Waals surface area contributed by atoms with Crippen molar-refractivity contribution in [1.29, 1.82) is 0 Å². The number of anilines is 2. The Kier molecular flexibility index (Phi) is 7.34. The standard InChI is InChI=1S/C47H48N2/c1-31-15-16-33(27-32(31)2)45-39-21-18-36(49-25-11-6-12-26-49)30-42(39)46(40-22-19-35(29-41(40)45)48-23-9-5-10-24-48)34-17-20-38-37-13-7-8-14-43(37)47(3,4)44(38)28-34/h7-8,13-22,27-30H,5-6,9-12,23-26H2,1-4H3. The summed E-state index contributed by atoms with van der Waals surface area (Å²) in [7, 11) is 0. The molecule has 0 radical (unpaired) electrons. The summed E-state index contributed by atoms with van der Waals surface area (Å²) in [5, 5.41) is 5.43. The van der Waals surface area contributed by atoms with Crippen molar-refractivity contribution in [2.75, 3.05) is 36.0 Å². The zero-order chi connectivity index (χ0) is 33.3. The third-order valence-electron chi connectivity index (χ3n) is 12.2. The van der Waals surface area contributed by atoms with Crippen LogP contribution in [0.25, 0.3) is 54.9 Å². The molecule has 49 heavy (non-hydrogen) atoms. The van der Waals surface area contributed by atoms with Crippen LogP contribution in [0.3, 0.4) is 0 Å². The molecule has 0 aromatic heterocycles. The second kappa shape index (κ2) is 11.8. The summed E-state index contributed by atoms with van der Waals surface area (Å²) in [6.45, 7) is 13.9. The molecule has 246 valence electrons. The Bertz CT molecular complexity index is 2240. The molecule has 0 bridgehead atoms. The van der Waals surface area contributed by atoms with Gasteiger partial charge in [-0.15, -0.1) is 0 Å². The van der Waals surface area contributed by atoms with Crippen LogP contribution < -0.4 is 9.80 Å². The van der Waals surface area contributed by atoms with E-state index in [1.165, 1.54) is 127 Å². The molecular weight excluding hydrogens is 593 g/mol. The first-order chi connectivity index (χ1) is 23.9. The molecule has 0 N–H and O–H groups in total. The monoisotopic (exact) mass is 640 g/mol. The van der Waals surface area contributed by atoms with Crippen LogP contribution in [0, 0.1) is 13.8 Å². The maximum absolute atomic E-state index is 2.62. The average molecular weight is 641 g/mol. The maximum Gasteiger partial charge on any atom is 0.0372 e. The van der Waals surface area contributed by atoms with E-state index in [9.17, 15) is 0 Å². The normalized spacial score (nSPS) is 17.1. The molecule has 2 heteroatoms. The van der Waals surface area contributed by atoms with Crippen LogP contribution in [0.2, 0.25) is 0 Å². The van der Waals surface area contributed by atoms with Gasteiger partial charge < -0.3 is 9.80 Å². The van der Waals surface area contributed by atoms with E-state index in [-0.39, 0.29) is 5.41 Å². The molecule has 9 rings (SSSR count). The van der Waals surface area contributed by atoms with Gasteiger partial charge in [-0.05, 0) is 160 Å². The van der Waals surface area contributed by atoms with Crippen LogP contribution in [0.15, 0.2) is 97.1 Å². The van der Waals surface area contributed by atoms with Gasteiger partial charge in [-0.25, -0.2) is 0 Å². The number of benzene rings is 6. The Morgan fingerprint density at radius 1 is 0.449 bits per heavy atom. The number of aryl methyl sites for hydroxylation is 2. The zero-order valence-electron chi connectivity index (χ0n) is 29.7. The molecule has 3 aliphatic rings. The average Bonchev–Trinajstić information content (AvgIpc) is 3.37. The summed E-state index contributed by atoms with van der Waals surface area (Å²) in [4.78, 5) is 5.24. The fourth-order valence-corrected chi connectivity index (χ4v) is 9.28. The van der Waals surface area contributed by atoms with E-state index in [0.29, 0.717) is 0 Å². The molecular formula is C47H48N2.